The molecule has 2 aliphatic carbocycles. The van der Waals surface area contributed by atoms with Crippen molar-refractivity contribution in [3.05, 3.63) is 89.4 Å². The summed E-state index contributed by atoms with van der Waals surface area (Å²) >= 11 is 1.58. The van der Waals surface area contributed by atoms with Gasteiger partial charge in [-0.25, -0.2) is 13.5 Å². The molecule has 3 atom stereocenters. The molecule has 5 heteroatoms. The van der Waals surface area contributed by atoms with Crippen LogP contribution in [0.25, 0.3) is 11.8 Å². The Kier molecular flexibility index (Phi) is 6.33. The summed E-state index contributed by atoms with van der Waals surface area (Å²) in [7, 11) is 0. The van der Waals surface area contributed by atoms with Gasteiger partial charge in [-0.3, -0.25) is 0 Å². The Morgan fingerprint density at radius 2 is 2.10 bits per heavy atom. The van der Waals surface area contributed by atoms with Crippen LogP contribution in [0.15, 0.2) is 72.3 Å². The van der Waals surface area contributed by atoms with Gasteiger partial charge in [0.25, 0.3) is 0 Å². The highest BCUT2D eigenvalue weighted by Crippen LogP contribution is 2.55. The minimum Gasteiger partial charge on any atom is -0.242 e. The van der Waals surface area contributed by atoms with E-state index < -0.39 is 6.17 Å². The fourth-order valence-electron chi connectivity index (χ4n) is 5.01. The van der Waals surface area contributed by atoms with Gasteiger partial charge in [0.15, 0.2) is 0 Å². The number of benzene rings is 1. The first-order valence-electron chi connectivity index (χ1n) is 10.7. The van der Waals surface area contributed by atoms with Gasteiger partial charge >= 0.3 is 0 Å². The first-order valence-corrected chi connectivity index (χ1v) is 11.7. The Morgan fingerprint density at radius 1 is 1.32 bits per heavy atom. The van der Waals surface area contributed by atoms with E-state index in [1.807, 2.05) is 22.4 Å². The Morgan fingerprint density at radius 3 is 2.81 bits per heavy atom. The highest BCUT2D eigenvalue weighted by molar-refractivity contribution is 8.02. The van der Waals surface area contributed by atoms with Crippen molar-refractivity contribution in [1.29, 1.82) is 0 Å². The lowest BCUT2D eigenvalue weighted by molar-refractivity contribution is 0.159. The van der Waals surface area contributed by atoms with Gasteiger partial charge in [0.05, 0.1) is 17.6 Å². The van der Waals surface area contributed by atoms with Crippen LogP contribution < -0.4 is 0 Å². The van der Waals surface area contributed by atoms with E-state index in [0.29, 0.717) is 6.42 Å². The fourth-order valence-corrected chi connectivity index (χ4v) is 5.68. The molecule has 2 aliphatic rings. The van der Waals surface area contributed by atoms with Crippen LogP contribution in [0.1, 0.15) is 37.4 Å². The SMILES string of the molecule is C=CCS/C=C(\CC=C)C(F)C1CCC2=Cc3c(cnn3-c3ccc(F)cc3)CC21C. The Bertz CT molecular complexity index is 1030. The highest BCUT2D eigenvalue weighted by Gasteiger charge is 2.49. The number of aromatic nitrogens is 2. The molecular weight excluding hydrogens is 410 g/mol. The molecule has 31 heavy (non-hydrogen) atoms. The molecule has 1 aromatic heterocycles. The topological polar surface area (TPSA) is 17.8 Å². The lowest BCUT2D eigenvalue weighted by Gasteiger charge is -2.38. The average molecular weight is 439 g/mol. The van der Waals surface area contributed by atoms with Crippen LogP contribution in [-0.2, 0) is 6.42 Å². The highest BCUT2D eigenvalue weighted by atomic mass is 32.2. The number of hydrogen-bond acceptors (Lipinski definition) is 2. The second-order valence-electron chi connectivity index (χ2n) is 8.56. The molecule has 4 rings (SSSR count). The van der Waals surface area contributed by atoms with E-state index in [1.54, 1.807) is 30.0 Å². The zero-order valence-corrected chi connectivity index (χ0v) is 18.7. The van der Waals surface area contributed by atoms with Gasteiger partial charge < -0.3 is 0 Å². The minimum atomic E-state index is -1.00. The van der Waals surface area contributed by atoms with Crippen LogP contribution in [0.5, 0.6) is 0 Å². The van der Waals surface area contributed by atoms with Crippen molar-refractivity contribution in [2.75, 3.05) is 5.75 Å². The minimum absolute atomic E-state index is 0.0726. The molecule has 0 amide bonds. The van der Waals surface area contributed by atoms with Crippen molar-refractivity contribution in [3.8, 4) is 5.69 Å². The number of halogens is 2. The van der Waals surface area contributed by atoms with Crippen LogP contribution in [-0.4, -0.2) is 21.7 Å². The maximum atomic E-state index is 15.8. The van der Waals surface area contributed by atoms with Crippen LogP contribution in [0, 0.1) is 17.2 Å². The molecular formula is C26H28F2N2S. The summed E-state index contributed by atoms with van der Waals surface area (Å²) in [6.45, 7) is 9.76. The van der Waals surface area contributed by atoms with Crippen LogP contribution in [0.2, 0.25) is 0 Å². The molecule has 0 aliphatic heterocycles. The number of fused-ring (bicyclic) bond motifs is 2. The van der Waals surface area contributed by atoms with Gasteiger partial charge in [0, 0.05) is 11.7 Å². The largest absolute Gasteiger partial charge is 0.242 e. The van der Waals surface area contributed by atoms with E-state index in [9.17, 15) is 4.39 Å². The van der Waals surface area contributed by atoms with Crippen LogP contribution in [0.3, 0.4) is 0 Å². The maximum absolute atomic E-state index is 15.8. The number of nitrogens with zero attached hydrogens (tertiary/aromatic N) is 2. The Hall–Kier alpha value is -2.40. The molecule has 3 unspecified atom stereocenters. The van der Waals surface area contributed by atoms with E-state index in [0.717, 1.165) is 47.5 Å². The van der Waals surface area contributed by atoms with Crippen molar-refractivity contribution in [2.24, 2.45) is 11.3 Å². The van der Waals surface area contributed by atoms with Crippen molar-refractivity contribution in [3.63, 3.8) is 0 Å². The lowest BCUT2D eigenvalue weighted by Crippen LogP contribution is -2.35. The summed E-state index contributed by atoms with van der Waals surface area (Å²) in [6, 6.07) is 6.36. The smallest absolute Gasteiger partial charge is 0.126 e. The molecule has 1 fully saturated rings. The van der Waals surface area contributed by atoms with Crippen molar-refractivity contribution < 1.29 is 8.78 Å². The number of hydrogen-bond donors (Lipinski definition) is 0. The molecule has 0 radical (unpaired) electrons. The molecule has 2 aromatic rings. The first-order chi connectivity index (χ1) is 15.0. The third-order valence-corrected chi connectivity index (χ3v) is 7.54. The number of allylic oxidation sites excluding steroid dienone is 3. The zero-order valence-electron chi connectivity index (χ0n) is 17.9. The van der Waals surface area contributed by atoms with Gasteiger partial charge in [-0.1, -0.05) is 24.6 Å². The molecule has 162 valence electrons. The second kappa shape index (κ2) is 8.99. The fraction of sp³-hybridized carbons (Fsp3) is 0.346. The average Bonchev–Trinajstić information content (AvgIpc) is 3.31. The summed E-state index contributed by atoms with van der Waals surface area (Å²) < 4.78 is 31.0. The molecule has 1 saturated carbocycles. The Labute approximate surface area is 187 Å². The summed E-state index contributed by atoms with van der Waals surface area (Å²) in [5, 5.41) is 6.52. The monoisotopic (exact) mass is 438 g/mol. The van der Waals surface area contributed by atoms with E-state index in [-0.39, 0.29) is 17.2 Å². The van der Waals surface area contributed by atoms with Gasteiger partial charge in [-0.15, -0.1) is 24.9 Å². The van der Waals surface area contributed by atoms with Crippen molar-refractivity contribution in [1.82, 2.24) is 9.78 Å². The van der Waals surface area contributed by atoms with E-state index in [4.69, 9.17) is 0 Å². The van der Waals surface area contributed by atoms with Gasteiger partial charge in [0.1, 0.15) is 12.0 Å². The molecule has 0 spiro atoms. The summed E-state index contributed by atoms with van der Waals surface area (Å²) in [5.41, 5.74) is 4.84. The zero-order chi connectivity index (χ0) is 22.0. The van der Waals surface area contributed by atoms with Gasteiger partial charge in [0.2, 0.25) is 0 Å². The number of rotatable bonds is 8. The standard InChI is InChI=1S/C26H28F2N2S/c1-4-6-18(17-31-13-5-2)25(28)23-12-7-20-14-24-19(15-26(20,23)3)16-29-30(24)22-10-8-21(27)9-11-22/h4-5,8-11,14,16-17,23,25H,1-2,6-7,12-13,15H2,3H3/b18-17+. The molecule has 2 nitrogen and oxygen atoms in total. The third-order valence-electron chi connectivity index (χ3n) is 6.64. The first kappa shape index (κ1) is 21.8. The van der Waals surface area contributed by atoms with Gasteiger partial charge in [-0.05, 0) is 78.0 Å². The normalized spacial score (nSPS) is 23.6. The maximum Gasteiger partial charge on any atom is 0.126 e. The lowest BCUT2D eigenvalue weighted by atomic mass is 9.67. The van der Waals surface area contributed by atoms with Gasteiger partial charge in [-0.2, -0.15) is 5.10 Å². The van der Waals surface area contributed by atoms with Crippen molar-refractivity contribution in [2.45, 2.75) is 38.8 Å². The summed E-state index contributed by atoms with van der Waals surface area (Å²) in [6.07, 6.45) is 9.72. The summed E-state index contributed by atoms with van der Waals surface area (Å²) in [4.78, 5) is 0. The second-order valence-corrected chi connectivity index (χ2v) is 9.46. The van der Waals surface area contributed by atoms with E-state index >= 15 is 4.39 Å². The molecule has 0 saturated heterocycles. The van der Waals surface area contributed by atoms with Crippen LogP contribution >= 0.6 is 11.8 Å². The third kappa shape index (κ3) is 4.08. The van der Waals surface area contributed by atoms with E-state index in [1.165, 1.54) is 17.7 Å². The summed E-state index contributed by atoms with van der Waals surface area (Å²) in [5.74, 6) is 0.432. The van der Waals surface area contributed by atoms with Crippen LogP contribution in [0.4, 0.5) is 8.78 Å². The number of thioether (sulfide) groups is 1. The predicted octanol–water partition coefficient (Wildman–Crippen LogP) is 7.08. The predicted molar refractivity (Wildman–Crippen MR) is 126 cm³/mol. The van der Waals surface area contributed by atoms with E-state index in [2.05, 4.69) is 31.3 Å². The number of alkyl halides is 1. The van der Waals surface area contributed by atoms with Crippen molar-refractivity contribution >= 4 is 17.8 Å². The molecule has 1 heterocycles. The molecule has 1 aromatic carbocycles. The quantitative estimate of drug-likeness (QED) is 0.324. The Balaban J connectivity index is 1.63. The molecule has 0 bridgehead atoms. The molecule has 0 N–H and O–H groups in total.